The van der Waals surface area contributed by atoms with E-state index in [-0.39, 0.29) is 6.61 Å². The van der Waals surface area contributed by atoms with Crippen molar-refractivity contribution in [3.05, 3.63) is 56.0 Å². The molecular formula is C23H28BrCl2NO2. The highest BCUT2D eigenvalue weighted by Gasteiger charge is 2.16. The number of hydrogen-bond donors (Lipinski definition) is 1. The fraction of sp³-hybridized carbons (Fsp3) is 0.478. The summed E-state index contributed by atoms with van der Waals surface area (Å²) in [4.78, 5) is 0. The Labute approximate surface area is 192 Å². The number of nitrogens with one attached hydrogen (secondary N) is 1. The standard InChI is InChI=1S/C23H28BrCl2NO2/c1-2-28-22-13-16(14-27-17-8-5-3-4-6-9-17)12-19(24)23(22)29-15-18-20(25)10-7-11-21(18)26/h7,10-13,17,27H,2-6,8-9,14-15H2,1H3. The highest BCUT2D eigenvalue weighted by molar-refractivity contribution is 9.10. The maximum absolute atomic E-state index is 6.27. The van der Waals surface area contributed by atoms with Gasteiger partial charge in [0.25, 0.3) is 0 Å². The van der Waals surface area contributed by atoms with E-state index in [4.69, 9.17) is 32.7 Å². The van der Waals surface area contributed by atoms with E-state index in [0.29, 0.717) is 28.4 Å². The highest BCUT2D eigenvalue weighted by atomic mass is 79.9. The monoisotopic (exact) mass is 499 g/mol. The average Bonchev–Trinajstić information content (AvgIpc) is 2.96. The van der Waals surface area contributed by atoms with Gasteiger partial charge in [-0.25, -0.2) is 0 Å². The second-order valence-corrected chi connectivity index (χ2v) is 9.06. The van der Waals surface area contributed by atoms with Crippen molar-refractivity contribution >= 4 is 39.1 Å². The molecule has 1 aliphatic rings. The van der Waals surface area contributed by atoms with Gasteiger partial charge < -0.3 is 14.8 Å². The number of hydrogen-bond acceptors (Lipinski definition) is 3. The first-order valence-electron chi connectivity index (χ1n) is 10.3. The largest absolute Gasteiger partial charge is 0.490 e. The van der Waals surface area contributed by atoms with E-state index < -0.39 is 0 Å². The van der Waals surface area contributed by atoms with Gasteiger partial charge in [-0.1, -0.05) is 55.0 Å². The third-order valence-electron chi connectivity index (χ3n) is 5.24. The van der Waals surface area contributed by atoms with Crippen molar-refractivity contribution in [3.8, 4) is 11.5 Å². The van der Waals surface area contributed by atoms with Gasteiger partial charge in [-0.15, -0.1) is 0 Å². The Morgan fingerprint density at radius 2 is 1.72 bits per heavy atom. The second-order valence-electron chi connectivity index (χ2n) is 7.40. The molecule has 0 radical (unpaired) electrons. The second kappa shape index (κ2) is 11.5. The molecule has 0 aliphatic heterocycles. The normalized spacial score (nSPS) is 15.2. The smallest absolute Gasteiger partial charge is 0.175 e. The van der Waals surface area contributed by atoms with Gasteiger partial charge in [0.1, 0.15) is 6.61 Å². The summed E-state index contributed by atoms with van der Waals surface area (Å²) in [6, 6.07) is 10.2. The minimum atomic E-state index is 0.275. The summed E-state index contributed by atoms with van der Waals surface area (Å²) in [7, 11) is 0. The number of halogens is 3. The van der Waals surface area contributed by atoms with Crippen molar-refractivity contribution in [2.45, 2.75) is 64.6 Å². The van der Waals surface area contributed by atoms with Gasteiger partial charge in [-0.2, -0.15) is 0 Å². The minimum absolute atomic E-state index is 0.275. The van der Waals surface area contributed by atoms with Crippen LogP contribution in [0.1, 0.15) is 56.6 Å². The molecular weight excluding hydrogens is 473 g/mol. The molecule has 1 saturated carbocycles. The lowest BCUT2D eigenvalue weighted by atomic mass is 10.1. The Morgan fingerprint density at radius 3 is 2.38 bits per heavy atom. The molecule has 0 heterocycles. The van der Waals surface area contributed by atoms with Crippen LogP contribution in [0.15, 0.2) is 34.8 Å². The van der Waals surface area contributed by atoms with Crippen molar-refractivity contribution < 1.29 is 9.47 Å². The molecule has 0 unspecified atom stereocenters. The fourth-order valence-corrected chi connectivity index (χ4v) is 4.80. The summed E-state index contributed by atoms with van der Waals surface area (Å²) in [6.45, 7) is 3.63. The van der Waals surface area contributed by atoms with E-state index in [1.54, 1.807) is 0 Å². The molecule has 158 valence electrons. The maximum Gasteiger partial charge on any atom is 0.175 e. The number of rotatable bonds is 8. The lowest BCUT2D eigenvalue weighted by Crippen LogP contribution is -2.27. The zero-order valence-electron chi connectivity index (χ0n) is 16.8. The van der Waals surface area contributed by atoms with Crippen molar-refractivity contribution in [1.82, 2.24) is 5.32 Å². The molecule has 0 bridgehead atoms. The lowest BCUT2D eigenvalue weighted by Gasteiger charge is -2.19. The van der Waals surface area contributed by atoms with Crippen LogP contribution < -0.4 is 14.8 Å². The van der Waals surface area contributed by atoms with Gasteiger partial charge in [0.2, 0.25) is 0 Å². The van der Waals surface area contributed by atoms with Crippen LogP contribution in [0.25, 0.3) is 0 Å². The van der Waals surface area contributed by atoms with Gasteiger partial charge in [0.05, 0.1) is 11.1 Å². The van der Waals surface area contributed by atoms with Gasteiger partial charge in [0, 0.05) is 28.2 Å². The average molecular weight is 501 g/mol. The van der Waals surface area contributed by atoms with Crippen molar-refractivity contribution in [3.63, 3.8) is 0 Å². The molecule has 0 spiro atoms. The van der Waals surface area contributed by atoms with E-state index in [2.05, 4.69) is 33.4 Å². The Bertz CT molecular complexity index is 787. The lowest BCUT2D eigenvalue weighted by molar-refractivity contribution is 0.267. The third kappa shape index (κ3) is 6.52. The molecule has 3 nitrogen and oxygen atoms in total. The fourth-order valence-electron chi connectivity index (χ4n) is 3.69. The Balaban J connectivity index is 1.72. The maximum atomic E-state index is 6.27. The molecule has 2 aromatic carbocycles. The third-order valence-corrected chi connectivity index (χ3v) is 6.54. The molecule has 1 N–H and O–H groups in total. The predicted octanol–water partition coefficient (Wildman–Crippen LogP) is 7.55. The minimum Gasteiger partial charge on any atom is -0.490 e. The predicted molar refractivity (Wildman–Crippen MR) is 124 cm³/mol. The molecule has 1 fully saturated rings. The van der Waals surface area contributed by atoms with Crippen LogP contribution in [-0.2, 0) is 13.2 Å². The quantitative estimate of drug-likeness (QED) is 0.379. The summed E-state index contributed by atoms with van der Waals surface area (Å²) in [5.74, 6) is 1.39. The number of ether oxygens (including phenoxy) is 2. The van der Waals surface area contributed by atoms with Crippen LogP contribution in [-0.4, -0.2) is 12.6 Å². The molecule has 1 aliphatic carbocycles. The molecule has 29 heavy (non-hydrogen) atoms. The molecule has 0 saturated heterocycles. The van der Waals surface area contributed by atoms with E-state index in [9.17, 15) is 0 Å². The SMILES string of the molecule is CCOc1cc(CNC2CCCCCC2)cc(Br)c1OCc1c(Cl)cccc1Cl. The highest BCUT2D eigenvalue weighted by Crippen LogP contribution is 2.38. The van der Waals surface area contributed by atoms with Crippen molar-refractivity contribution in [1.29, 1.82) is 0 Å². The van der Waals surface area contributed by atoms with Gasteiger partial charge in [-0.05, 0) is 65.5 Å². The van der Waals surface area contributed by atoms with Crippen LogP contribution in [0.4, 0.5) is 0 Å². The summed E-state index contributed by atoms with van der Waals surface area (Å²) < 4.78 is 12.8. The summed E-state index contributed by atoms with van der Waals surface area (Å²) in [5, 5.41) is 4.90. The van der Waals surface area contributed by atoms with Crippen LogP contribution in [0, 0.1) is 0 Å². The Hall–Kier alpha value is -0.940. The molecule has 6 heteroatoms. The first-order valence-corrected chi connectivity index (χ1v) is 11.9. The van der Waals surface area contributed by atoms with E-state index in [1.807, 2.05) is 25.1 Å². The first-order chi connectivity index (χ1) is 14.1. The van der Waals surface area contributed by atoms with Gasteiger partial charge >= 0.3 is 0 Å². The zero-order valence-corrected chi connectivity index (χ0v) is 19.9. The van der Waals surface area contributed by atoms with E-state index in [1.165, 1.54) is 44.1 Å². The van der Waals surface area contributed by atoms with E-state index >= 15 is 0 Å². The molecule has 0 atom stereocenters. The van der Waals surface area contributed by atoms with Crippen LogP contribution >= 0.6 is 39.1 Å². The Morgan fingerprint density at radius 1 is 1.03 bits per heavy atom. The molecule has 0 amide bonds. The molecule has 3 rings (SSSR count). The topological polar surface area (TPSA) is 30.5 Å². The summed E-state index contributed by atoms with van der Waals surface area (Å²) >= 11 is 16.2. The molecule has 2 aromatic rings. The van der Waals surface area contributed by atoms with Gasteiger partial charge in [0.15, 0.2) is 11.5 Å². The van der Waals surface area contributed by atoms with Crippen LogP contribution in [0.3, 0.4) is 0 Å². The van der Waals surface area contributed by atoms with Crippen LogP contribution in [0.2, 0.25) is 10.0 Å². The van der Waals surface area contributed by atoms with E-state index in [0.717, 1.165) is 22.3 Å². The van der Waals surface area contributed by atoms with Gasteiger partial charge in [-0.3, -0.25) is 0 Å². The number of benzene rings is 2. The zero-order chi connectivity index (χ0) is 20.6. The van der Waals surface area contributed by atoms with Crippen LogP contribution in [0.5, 0.6) is 11.5 Å². The Kier molecular flexibility index (Phi) is 8.98. The van der Waals surface area contributed by atoms with Crippen molar-refractivity contribution in [2.75, 3.05) is 6.61 Å². The first kappa shape index (κ1) is 22.7. The molecule has 0 aromatic heterocycles. The summed E-state index contributed by atoms with van der Waals surface area (Å²) in [6.07, 6.45) is 7.89. The summed E-state index contributed by atoms with van der Waals surface area (Å²) in [5.41, 5.74) is 1.94. The van der Waals surface area contributed by atoms with Crippen molar-refractivity contribution in [2.24, 2.45) is 0 Å².